The maximum atomic E-state index is 14.1. The number of ether oxygens (including phenoxy) is 2. The zero-order valence-corrected chi connectivity index (χ0v) is 13.7. The Kier molecular flexibility index (Phi) is 4.54. The Balaban J connectivity index is 2.65. The van der Waals surface area contributed by atoms with Crippen molar-refractivity contribution in [1.82, 2.24) is 0 Å². The molecule has 0 spiro atoms. The number of hydrogen-bond donors (Lipinski definition) is 1. The molecule has 0 aromatic heterocycles. The van der Waals surface area contributed by atoms with Gasteiger partial charge in [0.25, 0.3) is 0 Å². The van der Waals surface area contributed by atoms with Gasteiger partial charge in [-0.1, -0.05) is 18.2 Å². The maximum absolute atomic E-state index is 14.1. The fraction of sp³-hybridized carbons (Fsp3) is 0.250. The molecule has 2 rings (SSSR count). The molecule has 2 aromatic rings. The van der Waals surface area contributed by atoms with Gasteiger partial charge in [0.05, 0.1) is 19.8 Å². The second-order valence-electron chi connectivity index (χ2n) is 4.84. The van der Waals surface area contributed by atoms with Crippen LogP contribution >= 0.6 is 15.9 Å². The van der Waals surface area contributed by atoms with E-state index >= 15 is 0 Å². The van der Waals surface area contributed by atoms with Gasteiger partial charge in [0, 0.05) is 11.1 Å². The molecule has 5 heteroatoms. The van der Waals surface area contributed by atoms with E-state index in [4.69, 9.17) is 15.2 Å². The molecule has 1 atom stereocenters. The van der Waals surface area contributed by atoms with Crippen molar-refractivity contribution >= 4 is 15.9 Å². The number of methoxy groups -OCH3 is 2. The molecule has 0 bridgehead atoms. The highest BCUT2D eigenvalue weighted by Crippen LogP contribution is 2.43. The normalized spacial score (nSPS) is 13.6. The van der Waals surface area contributed by atoms with E-state index in [0.717, 1.165) is 0 Å². The molecule has 112 valence electrons. The van der Waals surface area contributed by atoms with Crippen molar-refractivity contribution in [3.63, 3.8) is 0 Å². The predicted molar refractivity (Wildman–Crippen MR) is 84.3 cm³/mol. The first-order valence-corrected chi connectivity index (χ1v) is 7.17. The monoisotopic (exact) mass is 353 g/mol. The van der Waals surface area contributed by atoms with Crippen molar-refractivity contribution in [3.05, 3.63) is 57.8 Å². The van der Waals surface area contributed by atoms with E-state index < -0.39 is 5.54 Å². The molecular formula is C16H17BrFNO2. The van der Waals surface area contributed by atoms with Crippen molar-refractivity contribution in [1.29, 1.82) is 0 Å². The van der Waals surface area contributed by atoms with Gasteiger partial charge in [-0.3, -0.25) is 0 Å². The molecule has 21 heavy (non-hydrogen) atoms. The third-order valence-corrected chi connectivity index (χ3v) is 4.23. The molecule has 2 N–H and O–H groups in total. The van der Waals surface area contributed by atoms with Gasteiger partial charge in [0.2, 0.25) is 0 Å². The van der Waals surface area contributed by atoms with E-state index in [1.165, 1.54) is 6.07 Å². The van der Waals surface area contributed by atoms with Gasteiger partial charge in [0.15, 0.2) is 0 Å². The van der Waals surface area contributed by atoms with Gasteiger partial charge < -0.3 is 15.2 Å². The smallest absolute Gasteiger partial charge is 0.142 e. The summed E-state index contributed by atoms with van der Waals surface area (Å²) < 4.78 is 25.4. The summed E-state index contributed by atoms with van der Waals surface area (Å²) in [6.45, 7) is 1.75. The molecule has 0 fully saturated rings. The van der Waals surface area contributed by atoms with E-state index in [1.807, 2.05) is 0 Å². The standard InChI is InChI=1S/C16H17BrFNO2/c1-16(19,10-6-4-5-7-12(10)18)11-8-9-13(20-2)14(17)15(11)21-3/h4-9H,19H2,1-3H3. The van der Waals surface area contributed by atoms with Crippen LogP contribution in [0.2, 0.25) is 0 Å². The van der Waals surface area contributed by atoms with E-state index in [9.17, 15) is 4.39 Å². The number of benzene rings is 2. The zero-order valence-electron chi connectivity index (χ0n) is 12.1. The number of nitrogens with two attached hydrogens (primary N) is 1. The first kappa shape index (κ1) is 15.8. The fourth-order valence-electron chi connectivity index (χ4n) is 2.33. The van der Waals surface area contributed by atoms with Gasteiger partial charge in [-0.15, -0.1) is 0 Å². The van der Waals surface area contributed by atoms with Crippen molar-refractivity contribution in [2.24, 2.45) is 5.73 Å². The minimum absolute atomic E-state index is 0.350. The Labute approximate surface area is 132 Å². The second-order valence-corrected chi connectivity index (χ2v) is 5.64. The van der Waals surface area contributed by atoms with Gasteiger partial charge in [-0.05, 0) is 41.1 Å². The molecule has 0 saturated heterocycles. The Bertz CT molecular complexity index is 659. The predicted octanol–water partition coefficient (Wildman–Crippen LogP) is 3.83. The lowest BCUT2D eigenvalue weighted by Crippen LogP contribution is -2.35. The SMILES string of the molecule is COc1ccc(C(C)(N)c2ccccc2F)c(OC)c1Br. The van der Waals surface area contributed by atoms with Gasteiger partial charge in [-0.2, -0.15) is 0 Å². The summed E-state index contributed by atoms with van der Waals surface area (Å²) in [5.74, 6) is 0.805. The maximum Gasteiger partial charge on any atom is 0.142 e. The Morgan fingerprint density at radius 2 is 1.71 bits per heavy atom. The summed E-state index contributed by atoms with van der Waals surface area (Å²) in [4.78, 5) is 0. The third-order valence-electron chi connectivity index (χ3n) is 3.48. The van der Waals surface area contributed by atoms with E-state index in [2.05, 4.69) is 15.9 Å². The molecular weight excluding hydrogens is 337 g/mol. The van der Waals surface area contributed by atoms with Crippen molar-refractivity contribution in [3.8, 4) is 11.5 Å². The van der Waals surface area contributed by atoms with Crippen LogP contribution in [0.1, 0.15) is 18.1 Å². The largest absolute Gasteiger partial charge is 0.495 e. The van der Waals surface area contributed by atoms with Crippen LogP contribution in [0.4, 0.5) is 4.39 Å². The van der Waals surface area contributed by atoms with Crippen LogP contribution in [0.5, 0.6) is 11.5 Å². The lowest BCUT2D eigenvalue weighted by molar-refractivity contribution is 0.378. The molecule has 0 radical (unpaired) electrons. The van der Waals surface area contributed by atoms with Crippen LogP contribution in [0.25, 0.3) is 0 Å². The molecule has 2 aromatic carbocycles. The molecule has 0 aliphatic heterocycles. The summed E-state index contributed by atoms with van der Waals surface area (Å²) in [5.41, 5.74) is 6.45. The summed E-state index contributed by atoms with van der Waals surface area (Å²) in [5, 5.41) is 0. The lowest BCUT2D eigenvalue weighted by atomic mass is 9.84. The van der Waals surface area contributed by atoms with E-state index in [-0.39, 0.29) is 5.82 Å². The second kappa shape index (κ2) is 6.03. The molecule has 0 saturated carbocycles. The highest BCUT2D eigenvalue weighted by molar-refractivity contribution is 9.10. The first-order chi connectivity index (χ1) is 9.93. The fourth-order valence-corrected chi connectivity index (χ4v) is 3.00. The van der Waals surface area contributed by atoms with E-state index in [1.54, 1.807) is 51.5 Å². The molecule has 0 amide bonds. The van der Waals surface area contributed by atoms with E-state index in [0.29, 0.717) is 27.1 Å². The topological polar surface area (TPSA) is 44.5 Å². The quantitative estimate of drug-likeness (QED) is 0.908. The Hall–Kier alpha value is -1.59. The summed E-state index contributed by atoms with van der Waals surface area (Å²) in [6, 6.07) is 10.0. The molecule has 3 nitrogen and oxygen atoms in total. The molecule has 0 heterocycles. The number of hydrogen-bond acceptors (Lipinski definition) is 3. The molecule has 1 unspecified atom stereocenters. The average Bonchev–Trinajstić information content (AvgIpc) is 2.47. The van der Waals surface area contributed by atoms with Crippen molar-refractivity contribution in [2.45, 2.75) is 12.5 Å². The van der Waals surface area contributed by atoms with Crippen LogP contribution in [-0.4, -0.2) is 14.2 Å². The summed E-state index contributed by atoms with van der Waals surface area (Å²) in [6.07, 6.45) is 0. The van der Waals surface area contributed by atoms with Crippen molar-refractivity contribution < 1.29 is 13.9 Å². The molecule has 0 aliphatic rings. The number of rotatable bonds is 4. The third kappa shape index (κ3) is 2.76. The first-order valence-electron chi connectivity index (χ1n) is 6.38. The van der Waals surface area contributed by atoms with Crippen LogP contribution in [0, 0.1) is 5.82 Å². The van der Waals surface area contributed by atoms with Gasteiger partial charge in [0.1, 0.15) is 21.8 Å². The number of halogens is 2. The highest BCUT2D eigenvalue weighted by Gasteiger charge is 2.31. The Morgan fingerprint density at radius 1 is 1.05 bits per heavy atom. The summed E-state index contributed by atoms with van der Waals surface area (Å²) in [7, 11) is 3.11. The molecule has 0 aliphatic carbocycles. The highest BCUT2D eigenvalue weighted by atomic mass is 79.9. The van der Waals surface area contributed by atoms with Crippen LogP contribution < -0.4 is 15.2 Å². The van der Waals surface area contributed by atoms with Crippen LogP contribution in [-0.2, 0) is 5.54 Å². The zero-order chi connectivity index (χ0) is 15.6. The Morgan fingerprint density at radius 3 is 2.29 bits per heavy atom. The lowest BCUT2D eigenvalue weighted by Gasteiger charge is -2.29. The minimum atomic E-state index is -1.04. The summed E-state index contributed by atoms with van der Waals surface area (Å²) >= 11 is 3.44. The van der Waals surface area contributed by atoms with Crippen LogP contribution in [0.3, 0.4) is 0 Å². The van der Waals surface area contributed by atoms with Gasteiger partial charge >= 0.3 is 0 Å². The van der Waals surface area contributed by atoms with Crippen LogP contribution in [0.15, 0.2) is 40.9 Å². The average molecular weight is 354 g/mol. The van der Waals surface area contributed by atoms with Gasteiger partial charge in [-0.25, -0.2) is 4.39 Å². The minimum Gasteiger partial charge on any atom is -0.495 e. The van der Waals surface area contributed by atoms with Crippen molar-refractivity contribution in [2.75, 3.05) is 14.2 Å².